The number of nitrogens with two attached hydrogens (primary N) is 1. The first-order chi connectivity index (χ1) is 15.0. The van der Waals surface area contributed by atoms with Gasteiger partial charge in [-0.15, -0.1) is 0 Å². The molecule has 0 bridgehead atoms. The van der Waals surface area contributed by atoms with Crippen molar-refractivity contribution in [2.75, 3.05) is 33.5 Å². The Kier molecular flexibility index (Phi) is 8.85. The third-order valence-corrected chi connectivity index (χ3v) is 4.55. The fourth-order valence-corrected chi connectivity index (χ4v) is 2.98. The molecular weight excluding hydrogens is 429 g/mol. The normalized spacial score (nSPS) is 13.6. The number of methoxy groups -OCH3 is 1. The smallest absolute Gasteiger partial charge is 0.431 e. The van der Waals surface area contributed by atoms with Gasteiger partial charge in [-0.3, -0.25) is 9.59 Å². The van der Waals surface area contributed by atoms with Gasteiger partial charge in [0.05, 0.1) is 26.4 Å². The first-order valence-electron chi connectivity index (χ1n) is 9.97. The monoisotopic (exact) mass is 456 g/mol. The Balaban J connectivity index is 2.08. The van der Waals surface area contributed by atoms with E-state index in [9.17, 15) is 22.8 Å². The van der Waals surface area contributed by atoms with Crippen molar-refractivity contribution in [1.29, 1.82) is 0 Å². The first kappa shape index (κ1) is 25.4. The lowest BCUT2D eigenvalue weighted by atomic mass is 10.0. The average Bonchev–Trinajstić information content (AvgIpc) is 2.72. The van der Waals surface area contributed by atoms with E-state index in [0.29, 0.717) is 32.2 Å². The third-order valence-electron chi connectivity index (χ3n) is 4.55. The van der Waals surface area contributed by atoms with Crippen molar-refractivity contribution in [2.24, 2.45) is 17.6 Å². The van der Waals surface area contributed by atoms with Crippen molar-refractivity contribution >= 4 is 5.91 Å². The number of hydrogen-bond donors (Lipinski definition) is 2. The van der Waals surface area contributed by atoms with Crippen LogP contribution in [0.4, 0.5) is 13.2 Å². The standard InChI is InChI=1S/C22H27F3N2O5/c1-13(9-30-3)10-31-11-14(2)12-32-16-6-4-15(5-7-16)17-8-18(20(26)28)21(29)27-19(17)22(23,24)25/h4-8,13-14H,9-12H2,1-3H3,(H2,26,28)(H,27,29)/t13-,14-/m0/s1. The van der Waals surface area contributed by atoms with Crippen LogP contribution >= 0.6 is 0 Å². The zero-order valence-corrected chi connectivity index (χ0v) is 18.1. The Morgan fingerprint density at radius 3 is 2.19 bits per heavy atom. The van der Waals surface area contributed by atoms with Crippen LogP contribution in [0.15, 0.2) is 35.1 Å². The Morgan fingerprint density at radius 1 is 1.06 bits per heavy atom. The van der Waals surface area contributed by atoms with Crippen molar-refractivity contribution in [3.05, 3.63) is 51.9 Å². The van der Waals surface area contributed by atoms with Gasteiger partial charge in [0.25, 0.3) is 11.5 Å². The number of carbonyl (C=O) groups is 1. The predicted molar refractivity (Wildman–Crippen MR) is 113 cm³/mol. The van der Waals surface area contributed by atoms with Crippen LogP contribution in [0.2, 0.25) is 0 Å². The highest BCUT2D eigenvalue weighted by Gasteiger charge is 2.36. The summed E-state index contributed by atoms with van der Waals surface area (Å²) in [5, 5.41) is 0. The zero-order chi connectivity index (χ0) is 23.9. The SMILES string of the molecule is COC[C@H](C)COC[C@H](C)COc1ccc(-c2cc(C(N)=O)c(=O)[nH]c2C(F)(F)F)cc1. The molecule has 0 aliphatic rings. The molecular formula is C22H27F3N2O5. The number of H-pyrrole nitrogens is 1. The summed E-state index contributed by atoms with van der Waals surface area (Å²) in [6, 6.07) is 6.70. The van der Waals surface area contributed by atoms with Crippen LogP contribution in [-0.4, -0.2) is 44.4 Å². The van der Waals surface area contributed by atoms with E-state index < -0.39 is 28.9 Å². The van der Waals surface area contributed by atoms with E-state index in [4.69, 9.17) is 19.9 Å². The van der Waals surface area contributed by atoms with Gasteiger partial charge in [-0.2, -0.15) is 13.2 Å². The van der Waals surface area contributed by atoms with E-state index in [1.807, 2.05) is 13.8 Å². The predicted octanol–water partition coefficient (Wildman–Crippen LogP) is 3.47. The van der Waals surface area contributed by atoms with E-state index in [1.54, 1.807) is 12.1 Å². The number of primary amides is 1. The molecule has 0 saturated carbocycles. The van der Waals surface area contributed by atoms with E-state index in [0.717, 1.165) is 6.07 Å². The molecule has 0 saturated heterocycles. The van der Waals surface area contributed by atoms with Gasteiger partial charge >= 0.3 is 6.18 Å². The number of benzene rings is 1. The summed E-state index contributed by atoms with van der Waals surface area (Å²) >= 11 is 0. The molecule has 1 heterocycles. The van der Waals surface area contributed by atoms with Gasteiger partial charge in [-0.05, 0) is 23.8 Å². The molecule has 0 aliphatic heterocycles. The molecule has 1 aromatic carbocycles. The number of pyridine rings is 1. The van der Waals surface area contributed by atoms with Crippen LogP contribution in [0, 0.1) is 11.8 Å². The number of ether oxygens (including phenoxy) is 3. The molecule has 0 fully saturated rings. The number of hydrogen-bond acceptors (Lipinski definition) is 5. The maximum atomic E-state index is 13.4. The van der Waals surface area contributed by atoms with Gasteiger partial charge in [0.15, 0.2) is 0 Å². The second-order valence-electron chi connectivity index (χ2n) is 7.70. The minimum Gasteiger partial charge on any atom is -0.493 e. The summed E-state index contributed by atoms with van der Waals surface area (Å²) in [5.74, 6) is -0.278. The van der Waals surface area contributed by atoms with Crippen LogP contribution in [-0.2, 0) is 15.7 Å². The van der Waals surface area contributed by atoms with Crippen molar-refractivity contribution < 1.29 is 32.2 Å². The minimum absolute atomic E-state index is 0.0959. The van der Waals surface area contributed by atoms with Crippen LogP contribution in [0.1, 0.15) is 29.9 Å². The highest BCUT2D eigenvalue weighted by Crippen LogP contribution is 2.35. The van der Waals surface area contributed by atoms with Crippen molar-refractivity contribution in [3.63, 3.8) is 0 Å². The topological polar surface area (TPSA) is 104 Å². The number of halogens is 3. The number of nitrogens with one attached hydrogen (secondary N) is 1. The molecule has 7 nitrogen and oxygen atoms in total. The number of carbonyl (C=O) groups excluding carboxylic acids is 1. The third kappa shape index (κ3) is 7.10. The number of alkyl halides is 3. The molecule has 32 heavy (non-hydrogen) atoms. The summed E-state index contributed by atoms with van der Waals surface area (Å²) in [6.45, 7) is 6.01. The second-order valence-corrected chi connectivity index (χ2v) is 7.70. The highest BCUT2D eigenvalue weighted by molar-refractivity contribution is 5.93. The minimum atomic E-state index is -4.82. The van der Waals surface area contributed by atoms with Gasteiger partial charge < -0.3 is 24.9 Å². The van der Waals surface area contributed by atoms with Crippen LogP contribution in [0.3, 0.4) is 0 Å². The van der Waals surface area contributed by atoms with Gasteiger partial charge in [0.1, 0.15) is 17.0 Å². The van der Waals surface area contributed by atoms with E-state index in [-0.39, 0.29) is 23.0 Å². The lowest BCUT2D eigenvalue weighted by Gasteiger charge is -2.16. The van der Waals surface area contributed by atoms with Crippen LogP contribution in [0.5, 0.6) is 5.75 Å². The Bertz CT molecular complexity index is 958. The number of rotatable bonds is 11. The van der Waals surface area contributed by atoms with E-state index in [1.165, 1.54) is 24.3 Å². The van der Waals surface area contributed by atoms with E-state index in [2.05, 4.69) is 0 Å². The van der Waals surface area contributed by atoms with Gasteiger partial charge in [-0.25, -0.2) is 0 Å². The average molecular weight is 456 g/mol. The van der Waals surface area contributed by atoms with Crippen LogP contribution in [0.25, 0.3) is 11.1 Å². The summed E-state index contributed by atoms with van der Waals surface area (Å²) in [5.41, 5.74) is 1.89. The molecule has 1 amide bonds. The molecule has 0 unspecified atom stereocenters. The lowest BCUT2D eigenvalue weighted by Crippen LogP contribution is -2.27. The van der Waals surface area contributed by atoms with E-state index >= 15 is 0 Å². The Labute approximate surface area is 183 Å². The van der Waals surface area contributed by atoms with Crippen molar-refractivity contribution in [3.8, 4) is 16.9 Å². The second kappa shape index (κ2) is 11.1. The van der Waals surface area contributed by atoms with Gasteiger partial charge in [0.2, 0.25) is 0 Å². The fourth-order valence-electron chi connectivity index (χ4n) is 2.98. The largest absolute Gasteiger partial charge is 0.493 e. The van der Waals surface area contributed by atoms with Crippen LogP contribution < -0.4 is 16.0 Å². The summed E-state index contributed by atoms with van der Waals surface area (Å²) in [7, 11) is 1.63. The summed E-state index contributed by atoms with van der Waals surface area (Å²) in [4.78, 5) is 24.9. The summed E-state index contributed by atoms with van der Waals surface area (Å²) < 4.78 is 56.6. The molecule has 0 radical (unpaired) electrons. The maximum absolute atomic E-state index is 13.4. The Hall–Kier alpha value is -2.85. The quantitative estimate of drug-likeness (QED) is 0.539. The molecule has 1 aromatic heterocycles. The molecule has 176 valence electrons. The number of aromatic amines is 1. The van der Waals surface area contributed by atoms with Gasteiger partial charge in [-0.1, -0.05) is 26.0 Å². The van der Waals surface area contributed by atoms with Crippen molar-refractivity contribution in [2.45, 2.75) is 20.0 Å². The number of amides is 1. The highest BCUT2D eigenvalue weighted by atomic mass is 19.4. The molecule has 3 N–H and O–H groups in total. The fraction of sp³-hybridized carbons (Fsp3) is 0.455. The number of aromatic nitrogens is 1. The van der Waals surface area contributed by atoms with Crippen molar-refractivity contribution in [1.82, 2.24) is 4.98 Å². The summed E-state index contributed by atoms with van der Waals surface area (Å²) in [6.07, 6.45) is -4.82. The first-order valence-corrected chi connectivity index (χ1v) is 9.97. The van der Waals surface area contributed by atoms with Gasteiger partial charge in [0, 0.05) is 24.5 Å². The molecule has 2 atom stereocenters. The Morgan fingerprint density at radius 2 is 1.66 bits per heavy atom. The zero-order valence-electron chi connectivity index (χ0n) is 18.1. The molecule has 2 aromatic rings. The maximum Gasteiger partial charge on any atom is 0.431 e. The molecule has 0 aliphatic carbocycles. The molecule has 2 rings (SSSR count). The molecule has 10 heteroatoms. The molecule has 0 spiro atoms. The lowest BCUT2D eigenvalue weighted by molar-refractivity contribution is -0.140.